The first kappa shape index (κ1) is 16.8. The molecular weight excluding hydrogens is 336 g/mol. The minimum Gasteiger partial charge on any atom is -0.497 e. The highest BCUT2D eigenvalue weighted by molar-refractivity contribution is 7.99. The lowest BCUT2D eigenvalue weighted by molar-refractivity contribution is 0.413. The Balaban J connectivity index is 1.68. The van der Waals surface area contributed by atoms with Crippen LogP contribution in [0, 0.1) is 0 Å². The molecule has 3 aromatic carbocycles. The van der Waals surface area contributed by atoms with Crippen molar-refractivity contribution in [1.82, 2.24) is 0 Å². The maximum atomic E-state index is 5.27. The Hall–Kier alpha value is -2.04. The van der Waals surface area contributed by atoms with E-state index in [1.807, 2.05) is 36.4 Å². The Morgan fingerprint density at radius 1 is 0.542 bits per heavy atom. The van der Waals surface area contributed by atoms with Gasteiger partial charge in [-0.3, -0.25) is 0 Å². The molecule has 2 nitrogen and oxygen atoms in total. The molecule has 122 valence electrons. The van der Waals surface area contributed by atoms with Gasteiger partial charge in [0.2, 0.25) is 0 Å². The summed E-state index contributed by atoms with van der Waals surface area (Å²) in [4.78, 5) is 4.75. The Labute approximate surface area is 151 Å². The van der Waals surface area contributed by atoms with Crippen LogP contribution in [0.25, 0.3) is 0 Å². The van der Waals surface area contributed by atoms with Gasteiger partial charge in [0.25, 0.3) is 0 Å². The second-order valence-electron chi connectivity index (χ2n) is 5.03. The standard InChI is InChI=1S/C20H18O2S2/c1-21-15-5-3-7-19(13-15)23-17-9-11-18(12-10-17)24-20-8-4-6-16(14-20)22-2/h3-14H,1-2H3. The van der Waals surface area contributed by atoms with Crippen molar-refractivity contribution in [2.75, 3.05) is 14.2 Å². The third-order valence-electron chi connectivity index (χ3n) is 3.38. The maximum Gasteiger partial charge on any atom is 0.119 e. The SMILES string of the molecule is COc1cccc(Sc2ccc(Sc3cccc(OC)c3)cc2)c1. The molecule has 0 heterocycles. The zero-order chi connectivity index (χ0) is 16.8. The van der Waals surface area contributed by atoms with Gasteiger partial charge in [-0.25, -0.2) is 0 Å². The van der Waals surface area contributed by atoms with Crippen molar-refractivity contribution in [1.29, 1.82) is 0 Å². The number of methoxy groups -OCH3 is 2. The van der Waals surface area contributed by atoms with E-state index in [2.05, 4.69) is 36.4 Å². The molecule has 0 spiro atoms. The molecule has 0 N–H and O–H groups in total. The van der Waals surface area contributed by atoms with Crippen LogP contribution in [0.4, 0.5) is 0 Å². The summed E-state index contributed by atoms with van der Waals surface area (Å²) in [6, 6.07) is 24.8. The summed E-state index contributed by atoms with van der Waals surface area (Å²) in [5, 5.41) is 0. The molecule has 4 heteroatoms. The van der Waals surface area contributed by atoms with Gasteiger partial charge in [0.1, 0.15) is 11.5 Å². The van der Waals surface area contributed by atoms with Crippen molar-refractivity contribution >= 4 is 23.5 Å². The Morgan fingerprint density at radius 2 is 0.958 bits per heavy atom. The van der Waals surface area contributed by atoms with Crippen LogP contribution in [-0.2, 0) is 0 Å². The van der Waals surface area contributed by atoms with E-state index in [-0.39, 0.29) is 0 Å². The normalized spacial score (nSPS) is 10.4. The summed E-state index contributed by atoms with van der Waals surface area (Å²) < 4.78 is 10.5. The highest BCUT2D eigenvalue weighted by Gasteiger charge is 2.02. The zero-order valence-corrected chi connectivity index (χ0v) is 15.2. The average Bonchev–Trinajstić information content (AvgIpc) is 2.64. The number of hydrogen-bond acceptors (Lipinski definition) is 4. The number of hydrogen-bond donors (Lipinski definition) is 0. The molecule has 0 aromatic heterocycles. The highest BCUT2D eigenvalue weighted by atomic mass is 32.2. The van der Waals surface area contributed by atoms with Crippen LogP contribution in [0.2, 0.25) is 0 Å². The summed E-state index contributed by atoms with van der Waals surface area (Å²) in [6.07, 6.45) is 0. The van der Waals surface area contributed by atoms with Crippen LogP contribution in [-0.4, -0.2) is 14.2 Å². The topological polar surface area (TPSA) is 18.5 Å². The molecule has 0 aliphatic carbocycles. The van der Waals surface area contributed by atoms with Crippen molar-refractivity contribution < 1.29 is 9.47 Å². The number of benzene rings is 3. The van der Waals surface area contributed by atoms with Gasteiger partial charge in [-0.15, -0.1) is 0 Å². The Morgan fingerprint density at radius 3 is 1.33 bits per heavy atom. The van der Waals surface area contributed by atoms with Gasteiger partial charge >= 0.3 is 0 Å². The van der Waals surface area contributed by atoms with E-state index in [1.165, 1.54) is 19.6 Å². The van der Waals surface area contributed by atoms with Gasteiger partial charge in [0, 0.05) is 19.6 Å². The van der Waals surface area contributed by atoms with Crippen LogP contribution in [0.1, 0.15) is 0 Å². The molecule has 0 aliphatic heterocycles. The first-order valence-corrected chi connectivity index (χ1v) is 9.14. The van der Waals surface area contributed by atoms with E-state index < -0.39 is 0 Å². The molecule has 0 aliphatic rings. The fourth-order valence-corrected chi connectivity index (χ4v) is 3.91. The second-order valence-corrected chi connectivity index (χ2v) is 7.33. The zero-order valence-electron chi connectivity index (χ0n) is 13.6. The van der Waals surface area contributed by atoms with E-state index in [0.717, 1.165) is 11.5 Å². The van der Waals surface area contributed by atoms with Crippen molar-refractivity contribution in [2.45, 2.75) is 19.6 Å². The van der Waals surface area contributed by atoms with Crippen LogP contribution < -0.4 is 9.47 Å². The molecule has 3 rings (SSSR count). The fraction of sp³-hybridized carbons (Fsp3) is 0.100. The smallest absolute Gasteiger partial charge is 0.119 e. The minimum absolute atomic E-state index is 0.880. The molecule has 3 aromatic rings. The summed E-state index contributed by atoms with van der Waals surface area (Å²) >= 11 is 3.46. The Kier molecular flexibility index (Phi) is 5.72. The molecular formula is C20H18O2S2. The minimum atomic E-state index is 0.880. The average molecular weight is 354 g/mol. The van der Waals surface area contributed by atoms with E-state index in [9.17, 15) is 0 Å². The molecule has 0 unspecified atom stereocenters. The second kappa shape index (κ2) is 8.18. The third-order valence-corrected chi connectivity index (χ3v) is 5.37. The van der Waals surface area contributed by atoms with E-state index in [0.29, 0.717) is 0 Å². The molecule has 0 radical (unpaired) electrons. The van der Waals surface area contributed by atoms with Crippen molar-refractivity contribution in [3.8, 4) is 11.5 Å². The number of ether oxygens (including phenoxy) is 2. The van der Waals surface area contributed by atoms with Crippen LogP contribution in [0.15, 0.2) is 92.4 Å². The molecule has 0 amide bonds. The maximum absolute atomic E-state index is 5.27. The fourth-order valence-electron chi connectivity index (χ4n) is 2.18. The van der Waals surface area contributed by atoms with Gasteiger partial charge in [-0.2, -0.15) is 0 Å². The quantitative estimate of drug-likeness (QED) is 0.539. The van der Waals surface area contributed by atoms with Gasteiger partial charge < -0.3 is 9.47 Å². The molecule has 24 heavy (non-hydrogen) atoms. The molecule has 0 saturated heterocycles. The lowest BCUT2D eigenvalue weighted by Crippen LogP contribution is -1.83. The monoisotopic (exact) mass is 354 g/mol. The predicted octanol–water partition coefficient (Wildman–Crippen LogP) is 6.01. The van der Waals surface area contributed by atoms with Gasteiger partial charge in [0.05, 0.1) is 14.2 Å². The molecule has 0 atom stereocenters. The summed E-state index contributed by atoms with van der Waals surface area (Å²) in [6.45, 7) is 0. The summed E-state index contributed by atoms with van der Waals surface area (Å²) in [7, 11) is 3.38. The van der Waals surface area contributed by atoms with E-state index >= 15 is 0 Å². The van der Waals surface area contributed by atoms with Gasteiger partial charge in [-0.05, 0) is 60.7 Å². The molecule has 0 fully saturated rings. The summed E-state index contributed by atoms with van der Waals surface area (Å²) in [5.41, 5.74) is 0. The first-order valence-electron chi connectivity index (χ1n) is 7.51. The van der Waals surface area contributed by atoms with Crippen molar-refractivity contribution in [2.24, 2.45) is 0 Å². The number of rotatable bonds is 6. The highest BCUT2D eigenvalue weighted by Crippen LogP contribution is 2.34. The summed E-state index contributed by atoms with van der Waals surface area (Å²) in [5.74, 6) is 1.76. The van der Waals surface area contributed by atoms with E-state index in [4.69, 9.17) is 9.47 Å². The van der Waals surface area contributed by atoms with Crippen LogP contribution >= 0.6 is 23.5 Å². The van der Waals surface area contributed by atoms with Crippen molar-refractivity contribution in [3.63, 3.8) is 0 Å². The Bertz CT molecular complexity index is 732. The predicted molar refractivity (Wildman–Crippen MR) is 101 cm³/mol. The van der Waals surface area contributed by atoms with Crippen molar-refractivity contribution in [3.05, 3.63) is 72.8 Å². The van der Waals surface area contributed by atoms with E-state index in [1.54, 1.807) is 37.7 Å². The lowest BCUT2D eigenvalue weighted by atomic mass is 10.3. The van der Waals surface area contributed by atoms with Crippen LogP contribution in [0.3, 0.4) is 0 Å². The van der Waals surface area contributed by atoms with Gasteiger partial charge in [0.15, 0.2) is 0 Å². The lowest BCUT2D eigenvalue weighted by Gasteiger charge is -2.07. The largest absolute Gasteiger partial charge is 0.497 e. The van der Waals surface area contributed by atoms with Crippen LogP contribution in [0.5, 0.6) is 11.5 Å². The van der Waals surface area contributed by atoms with Gasteiger partial charge in [-0.1, -0.05) is 35.7 Å². The molecule has 0 saturated carbocycles. The molecule has 0 bridgehead atoms. The third kappa shape index (κ3) is 4.49. The first-order chi connectivity index (χ1) is 11.8.